The van der Waals surface area contributed by atoms with Crippen LogP contribution in [0.15, 0.2) is 41.3 Å². The van der Waals surface area contributed by atoms with Gasteiger partial charge in [0.25, 0.3) is 17.3 Å². The summed E-state index contributed by atoms with van der Waals surface area (Å²) in [6.07, 6.45) is 5.15. The maximum Gasteiger partial charge on any atom is 0.263 e. The average molecular weight is 462 g/mol. The smallest absolute Gasteiger partial charge is 0.263 e. The van der Waals surface area contributed by atoms with Crippen molar-refractivity contribution in [2.45, 2.75) is 24.1 Å². The van der Waals surface area contributed by atoms with Gasteiger partial charge in [-0.3, -0.25) is 14.3 Å². The van der Waals surface area contributed by atoms with Gasteiger partial charge in [-0.15, -0.1) is 5.10 Å². The van der Waals surface area contributed by atoms with Crippen molar-refractivity contribution in [3.05, 3.63) is 63.6 Å². The molecule has 0 aliphatic heterocycles. The first kappa shape index (κ1) is 22.1. The highest BCUT2D eigenvalue weighted by molar-refractivity contribution is 7.99. The van der Waals surface area contributed by atoms with E-state index in [-0.39, 0.29) is 22.7 Å². The molecule has 1 fully saturated rings. The fraction of sp³-hybridized carbons (Fsp3) is 0.273. The van der Waals surface area contributed by atoms with E-state index in [1.807, 2.05) is 12.3 Å². The van der Waals surface area contributed by atoms with E-state index < -0.39 is 11.5 Å². The van der Waals surface area contributed by atoms with Gasteiger partial charge in [-0.1, -0.05) is 12.1 Å². The second-order valence-electron chi connectivity index (χ2n) is 7.65. The molecule has 0 atom stereocenters. The minimum Gasteiger partial charge on any atom is -0.474 e. The highest BCUT2D eigenvalue weighted by Crippen LogP contribution is 2.47. The number of aryl methyl sites for hydroxylation is 1. The Morgan fingerprint density at radius 1 is 1.30 bits per heavy atom. The number of nitriles is 2. The Hall–Kier alpha value is -4.09. The lowest BCUT2D eigenvalue weighted by molar-refractivity contribution is 0.0949. The van der Waals surface area contributed by atoms with E-state index >= 15 is 0 Å². The summed E-state index contributed by atoms with van der Waals surface area (Å²) >= 11 is 1.31. The molecule has 2 aromatic heterocycles. The van der Waals surface area contributed by atoms with Gasteiger partial charge < -0.3 is 14.6 Å². The molecule has 4 rings (SSSR count). The van der Waals surface area contributed by atoms with E-state index in [9.17, 15) is 9.59 Å². The quantitative estimate of drug-likeness (QED) is 0.291. The van der Waals surface area contributed by atoms with E-state index in [2.05, 4.69) is 20.2 Å². The monoisotopic (exact) mass is 461 g/mol. The van der Waals surface area contributed by atoms with Gasteiger partial charge in [0.05, 0.1) is 22.6 Å². The number of carbonyl (C=O) groups is 1. The molecule has 0 bridgehead atoms. The van der Waals surface area contributed by atoms with Gasteiger partial charge in [-0.2, -0.15) is 15.6 Å². The molecule has 1 amide bonds. The Labute approximate surface area is 193 Å². The molecule has 0 radical (unpaired) electrons. The fourth-order valence-electron chi connectivity index (χ4n) is 3.30. The van der Waals surface area contributed by atoms with Crippen LogP contribution in [0.1, 0.15) is 34.3 Å². The van der Waals surface area contributed by atoms with Crippen LogP contribution in [0.2, 0.25) is 0 Å². The largest absolute Gasteiger partial charge is 0.474 e. The standard InChI is InChI=1S/C22H19N7O3S/c1-29-18-16(11-26-28-20(18)32-12-22(6-7-22)33-27-13-24)8-17(21(29)31)19(30)25-10-15-4-2-14(9-23)3-5-15/h2-5,8,11,27H,6-7,10,12H2,1H3,(H,25,30). The zero-order valence-corrected chi connectivity index (χ0v) is 18.5. The lowest BCUT2D eigenvalue weighted by Gasteiger charge is -2.16. The number of fused-ring (bicyclic) bond motifs is 1. The SMILES string of the molecule is Cn1c(=O)c(C(=O)NCc2ccc(C#N)cc2)cc2cnnc(OCC3(SNC#N)CC3)c21. The van der Waals surface area contributed by atoms with Gasteiger partial charge in [-0.25, -0.2) is 0 Å². The fourth-order valence-corrected chi connectivity index (χ4v) is 3.98. The Morgan fingerprint density at radius 3 is 2.73 bits per heavy atom. The van der Waals surface area contributed by atoms with Crippen LogP contribution in [0.25, 0.3) is 10.9 Å². The molecule has 1 aliphatic rings. The Kier molecular flexibility index (Phi) is 6.16. The molecule has 166 valence electrons. The molecule has 2 N–H and O–H groups in total. The molecular formula is C22H19N7O3S. The highest BCUT2D eigenvalue weighted by Gasteiger charge is 2.45. The van der Waals surface area contributed by atoms with E-state index in [4.69, 9.17) is 15.3 Å². The third kappa shape index (κ3) is 4.73. The number of aromatic nitrogens is 3. The number of benzene rings is 1. The molecule has 0 spiro atoms. The maximum atomic E-state index is 12.9. The van der Waals surface area contributed by atoms with Crippen LogP contribution in [0.3, 0.4) is 0 Å². The van der Waals surface area contributed by atoms with E-state index in [0.717, 1.165) is 18.4 Å². The summed E-state index contributed by atoms with van der Waals surface area (Å²) in [5.74, 6) is -0.322. The topological polar surface area (TPSA) is 146 Å². The molecule has 2 heterocycles. The third-order valence-electron chi connectivity index (χ3n) is 5.37. The minimum atomic E-state index is -0.517. The van der Waals surface area contributed by atoms with Crippen molar-refractivity contribution in [2.75, 3.05) is 6.61 Å². The predicted molar refractivity (Wildman–Crippen MR) is 121 cm³/mol. The van der Waals surface area contributed by atoms with E-state index in [1.54, 1.807) is 31.3 Å². The van der Waals surface area contributed by atoms with E-state index in [1.165, 1.54) is 28.8 Å². The lowest BCUT2D eigenvalue weighted by atomic mass is 10.1. The number of nitrogens with one attached hydrogen (secondary N) is 2. The lowest BCUT2D eigenvalue weighted by Crippen LogP contribution is -2.32. The van der Waals surface area contributed by atoms with Gasteiger partial charge in [0.2, 0.25) is 0 Å². The van der Waals surface area contributed by atoms with Gasteiger partial charge in [0, 0.05) is 19.0 Å². The first-order valence-corrected chi connectivity index (χ1v) is 10.9. The van der Waals surface area contributed by atoms with Gasteiger partial charge >= 0.3 is 0 Å². The first-order valence-electron chi connectivity index (χ1n) is 10.0. The van der Waals surface area contributed by atoms with Gasteiger partial charge in [0.15, 0.2) is 6.19 Å². The molecule has 10 nitrogen and oxygen atoms in total. The van der Waals surface area contributed by atoms with Gasteiger partial charge in [0.1, 0.15) is 17.7 Å². The summed E-state index contributed by atoms with van der Waals surface area (Å²) in [4.78, 5) is 25.7. The molecule has 0 unspecified atom stereocenters. The number of hydrogen-bond donors (Lipinski definition) is 2. The van der Waals surface area contributed by atoms with Crippen molar-refractivity contribution >= 4 is 28.8 Å². The Balaban J connectivity index is 1.54. The van der Waals surface area contributed by atoms with Crippen molar-refractivity contribution in [3.63, 3.8) is 0 Å². The second kappa shape index (κ2) is 9.18. The van der Waals surface area contributed by atoms with Crippen LogP contribution >= 0.6 is 11.9 Å². The predicted octanol–water partition coefficient (Wildman–Crippen LogP) is 1.76. The number of ether oxygens (including phenoxy) is 1. The van der Waals surface area contributed by atoms with E-state index in [0.29, 0.717) is 23.1 Å². The molecule has 3 aromatic rings. The zero-order valence-electron chi connectivity index (χ0n) is 17.7. The van der Waals surface area contributed by atoms with Crippen molar-refractivity contribution < 1.29 is 9.53 Å². The van der Waals surface area contributed by atoms with Crippen molar-refractivity contribution in [2.24, 2.45) is 7.05 Å². The molecule has 0 saturated heterocycles. The highest BCUT2D eigenvalue weighted by atomic mass is 32.2. The first-order chi connectivity index (χ1) is 16.0. The minimum absolute atomic E-state index is 0.0231. The van der Waals surface area contributed by atoms with Crippen molar-refractivity contribution in [1.82, 2.24) is 24.8 Å². The molecule has 1 saturated carbocycles. The Morgan fingerprint density at radius 2 is 2.06 bits per heavy atom. The summed E-state index contributed by atoms with van der Waals surface area (Å²) < 4.78 is 9.59. The summed E-state index contributed by atoms with van der Waals surface area (Å²) in [5, 5.41) is 28.9. The summed E-state index contributed by atoms with van der Waals surface area (Å²) in [6.45, 7) is 0.520. The number of amides is 1. The Bertz CT molecular complexity index is 1350. The molecule has 1 aliphatic carbocycles. The summed E-state index contributed by atoms with van der Waals surface area (Å²) in [6, 6.07) is 10.3. The second-order valence-corrected chi connectivity index (χ2v) is 8.93. The average Bonchev–Trinajstić information content (AvgIpc) is 3.62. The van der Waals surface area contributed by atoms with Gasteiger partial charge in [-0.05, 0) is 48.6 Å². The van der Waals surface area contributed by atoms with Crippen LogP contribution in [-0.4, -0.2) is 32.0 Å². The number of pyridine rings is 1. The molecule has 1 aromatic carbocycles. The number of rotatable bonds is 8. The third-order valence-corrected chi connectivity index (χ3v) is 6.52. The zero-order chi connectivity index (χ0) is 23.4. The van der Waals surface area contributed by atoms with Crippen molar-refractivity contribution in [1.29, 1.82) is 10.5 Å². The molecular weight excluding hydrogens is 442 g/mol. The van der Waals surface area contributed by atoms with Crippen molar-refractivity contribution in [3.8, 4) is 18.1 Å². The maximum absolute atomic E-state index is 12.9. The number of hydrogen-bond acceptors (Lipinski definition) is 9. The number of carbonyl (C=O) groups excluding carboxylic acids is 1. The summed E-state index contributed by atoms with van der Waals surface area (Å²) in [7, 11) is 1.55. The summed E-state index contributed by atoms with van der Waals surface area (Å²) in [5.41, 5.74) is 1.26. The van der Waals surface area contributed by atoms with Crippen LogP contribution in [0, 0.1) is 22.8 Å². The normalized spacial score (nSPS) is 13.5. The van der Waals surface area contributed by atoms with Crippen LogP contribution < -0.4 is 20.3 Å². The number of nitrogens with zero attached hydrogens (tertiary/aromatic N) is 5. The molecule has 33 heavy (non-hydrogen) atoms. The van der Waals surface area contributed by atoms with Crippen LogP contribution in [-0.2, 0) is 13.6 Å². The van der Waals surface area contributed by atoms with Crippen LogP contribution in [0.5, 0.6) is 5.88 Å². The molecule has 11 heteroatoms. The van der Waals surface area contributed by atoms with Crippen LogP contribution in [0.4, 0.5) is 0 Å².